The van der Waals surface area contributed by atoms with Crippen LogP contribution in [0.3, 0.4) is 0 Å². The Bertz CT molecular complexity index is 666. The van der Waals surface area contributed by atoms with Gasteiger partial charge in [-0.1, -0.05) is 0 Å². The van der Waals surface area contributed by atoms with Gasteiger partial charge in [0.15, 0.2) is 0 Å². The predicted molar refractivity (Wildman–Crippen MR) is 72.4 cm³/mol. The van der Waals surface area contributed by atoms with Crippen LogP contribution in [0, 0.1) is 0 Å². The summed E-state index contributed by atoms with van der Waals surface area (Å²) in [5.74, 6) is 0.605. The highest BCUT2D eigenvalue weighted by Gasteiger charge is 2.04. The Morgan fingerprint density at radius 2 is 2.00 bits per heavy atom. The molecule has 3 aromatic rings. The average molecular weight is 304 g/mol. The maximum Gasteiger partial charge on any atom is 0.215 e. The predicted octanol–water partition coefficient (Wildman–Crippen LogP) is 3.30. The van der Waals surface area contributed by atoms with Gasteiger partial charge in [-0.25, -0.2) is 0 Å². The molecule has 3 heterocycles. The van der Waals surface area contributed by atoms with Crippen molar-refractivity contribution in [1.29, 1.82) is 0 Å². The number of rotatable bonds is 3. The summed E-state index contributed by atoms with van der Waals surface area (Å²) in [6.45, 7) is 0.489. The standard InChI is InChI=1S/C13H10BrN3O/c14-11-7-16-13-10(11)1-2-12(17-13)18-8-9-3-5-15-6-4-9/h1-7H,8H2,(H,16,17). The first-order valence-electron chi connectivity index (χ1n) is 5.48. The van der Waals surface area contributed by atoms with Gasteiger partial charge in [0.1, 0.15) is 12.3 Å². The van der Waals surface area contributed by atoms with Gasteiger partial charge in [0, 0.05) is 34.5 Å². The van der Waals surface area contributed by atoms with E-state index in [1.807, 2.05) is 30.5 Å². The largest absolute Gasteiger partial charge is 0.473 e. The third-order valence-corrected chi connectivity index (χ3v) is 3.25. The summed E-state index contributed by atoms with van der Waals surface area (Å²) < 4.78 is 6.64. The monoisotopic (exact) mass is 303 g/mol. The molecule has 0 spiro atoms. The number of pyridine rings is 2. The molecule has 0 radical (unpaired) electrons. The summed E-state index contributed by atoms with van der Waals surface area (Å²) in [6, 6.07) is 7.68. The first-order valence-corrected chi connectivity index (χ1v) is 6.27. The van der Waals surface area contributed by atoms with Crippen molar-refractivity contribution < 1.29 is 4.74 Å². The summed E-state index contributed by atoms with van der Waals surface area (Å²) in [6.07, 6.45) is 5.36. The maximum absolute atomic E-state index is 5.64. The van der Waals surface area contributed by atoms with Crippen molar-refractivity contribution in [2.24, 2.45) is 0 Å². The summed E-state index contributed by atoms with van der Waals surface area (Å²) >= 11 is 3.45. The molecule has 5 heteroatoms. The number of hydrogen-bond acceptors (Lipinski definition) is 3. The summed E-state index contributed by atoms with van der Waals surface area (Å²) in [5, 5.41) is 1.05. The van der Waals surface area contributed by atoms with Crippen molar-refractivity contribution >= 4 is 27.0 Å². The van der Waals surface area contributed by atoms with E-state index in [1.165, 1.54) is 0 Å². The van der Waals surface area contributed by atoms with Gasteiger partial charge in [0.2, 0.25) is 5.88 Å². The molecule has 0 aliphatic rings. The lowest BCUT2D eigenvalue weighted by Crippen LogP contribution is -1.97. The molecule has 0 bridgehead atoms. The molecule has 18 heavy (non-hydrogen) atoms. The number of H-pyrrole nitrogens is 1. The van der Waals surface area contributed by atoms with Crippen LogP contribution in [0.2, 0.25) is 0 Å². The van der Waals surface area contributed by atoms with Gasteiger partial charge in [0.25, 0.3) is 0 Å². The molecule has 0 saturated heterocycles. The van der Waals surface area contributed by atoms with Crippen molar-refractivity contribution in [2.75, 3.05) is 0 Å². The van der Waals surface area contributed by atoms with E-state index in [2.05, 4.69) is 30.9 Å². The number of aromatic amines is 1. The number of ether oxygens (including phenoxy) is 1. The molecule has 0 unspecified atom stereocenters. The summed E-state index contributed by atoms with van der Waals surface area (Å²) in [4.78, 5) is 11.4. The molecule has 1 N–H and O–H groups in total. The maximum atomic E-state index is 5.64. The molecule has 3 aromatic heterocycles. The highest BCUT2D eigenvalue weighted by atomic mass is 79.9. The minimum absolute atomic E-state index is 0.489. The molecule has 0 aliphatic carbocycles. The third kappa shape index (κ3) is 2.22. The third-order valence-electron chi connectivity index (χ3n) is 2.60. The zero-order chi connectivity index (χ0) is 12.4. The van der Waals surface area contributed by atoms with E-state index in [4.69, 9.17) is 4.74 Å². The second kappa shape index (κ2) is 4.78. The number of nitrogens with one attached hydrogen (secondary N) is 1. The minimum atomic E-state index is 0.489. The lowest BCUT2D eigenvalue weighted by atomic mass is 10.3. The van der Waals surface area contributed by atoms with E-state index in [0.717, 1.165) is 21.1 Å². The molecule has 4 nitrogen and oxygen atoms in total. The van der Waals surface area contributed by atoms with Crippen molar-refractivity contribution in [3.8, 4) is 5.88 Å². The van der Waals surface area contributed by atoms with Gasteiger partial charge >= 0.3 is 0 Å². The minimum Gasteiger partial charge on any atom is -0.473 e. The summed E-state index contributed by atoms with van der Waals surface area (Å²) in [7, 11) is 0. The van der Waals surface area contributed by atoms with Gasteiger partial charge in [-0.15, -0.1) is 0 Å². The van der Waals surface area contributed by atoms with Crippen LogP contribution in [-0.2, 0) is 6.61 Å². The molecular weight excluding hydrogens is 294 g/mol. The van der Waals surface area contributed by atoms with Crippen molar-refractivity contribution in [1.82, 2.24) is 15.0 Å². The topological polar surface area (TPSA) is 50.8 Å². The van der Waals surface area contributed by atoms with Crippen LogP contribution in [0.4, 0.5) is 0 Å². The zero-order valence-electron chi connectivity index (χ0n) is 9.43. The molecule has 3 rings (SSSR count). The number of hydrogen-bond donors (Lipinski definition) is 1. The quantitative estimate of drug-likeness (QED) is 0.807. The van der Waals surface area contributed by atoms with Crippen LogP contribution >= 0.6 is 15.9 Å². The normalized spacial score (nSPS) is 10.7. The van der Waals surface area contributed by atoms with Gasteiger partial charge in [-0.2, -0.15) is 4.98 Å². The number of nitrogens with zero attached hydrogens (tertiary/aromatic N) is 2. The zero-order valence-corrected chi connectivity index (χ0v) is 11.0. The Balaban J connectivity index is 1.79. The van der Waals surface area contributed by atoms with Crippen LogP contribution in [0.1, 0.15) is 5.56 Å². The van der Waals surface area contributed by atoms with Gasteiger partial charge in [-0.05, 0) is 39.7 Å². The van der Waals surface area contributed by atoms with Crippen molar-refractivity contribution in [2.45, 2.75) is 6.61 Å². The fraction of sp³-hybridized carbons (Fsp3) is 0.0769. The average Bonchev–Trinajstić information content (AvgIpc) is 2.79. The second-order valence-corrected chi connectivity index (χ2v) is 4.68. The Morgan fingerprint density at radius 1 is 1.17 bits per heavy atom. The molecule has 0 atom stereocenters. The van der Waals surface area contributed by atoms with Gasteiger partial charge < -0.3 is 9.72 Å². The van der Waals surface area contributed by atoms with Gasteiger partial charge in [0.05, 0.1) is 0 Å². The van der Waals surface area contributed by atoms with E-state index in [0.29, 0.717) is 12.5 Å². The lowest BCUT2D eigenvalue weighted by Gasteiger charge is -2.04. The molecule has 0 saturated carbocycles. The molecule has 0 aliphatic heterocycles. The molecule has 90 valence electrons. The fourth-order valence-corrected chi connectivity index (χ4v) is 2.10. The highest BCUT2D eigenvalue weighted by Crippen LogP contribution is 2.24. The fourth-order valence-electron chi connectivity index (χ4n) is 1.67. The Hall–Kier alpha value is -1.88. The Labute approximate surface area is 112 Å². The van der Waals surface area contributed by atoms with Crippen LogP contribution in [-0.4, -0.2) is 15.0 Å². The Morgan fingerprint density at radius 3 is 2.83 bits per heavy atom. The van der Waals surface area contributed by atoms with E-state index < -0.39 is 0 Å². The lowest BCUT2D eigenvalue weighted by molar-refractivity contribution is 0.295. The molecule has 0 aromatic carbocycles. The van der Waals surface area contributed by atoms with Gasteiger partial charge in [-0.3, -0.25) is 4.98 Å². The highest BCUT2D eigenvalue weighted by molar-refractivity contribution is 9.10. The molecular formula is C13H10BrN3O. The van der Waals surface area contributed by atoms with Crippen LogP contribution in [0.25, 0.3) is 11.0 Å². The first-order chi connectivity index (χ1) is 8.83. The van der Waals surface area contributed by atoms with Crippen molar-refractivity contribution in [3.05, 3.63) is 52.9 Å². The van der Waals surface area contributed by atoms with E-state index in [-0.39, 0.29) is 0 Å². The first kappa shape index (κ1) is 11.2. The molecule has 0 fully saturated rings. The van der Waals surface area contributed by atoms with Crippen molar-refractivity contribution in [3.63, 3.8) is 0 Å². The Kier molecular flexibility index (Phi) is 2.98. The molecule has 0 amide bonds. The van der Waals surface area contributed by atoms with Crippen LogP contribution in [0.15, 0.2) is 47.3 Å². The van der Waals surface area contributed by atoms with E-state index >= 15 is 0 Å². The van der Waals surface area contributed by atoms with E-state index in [1.54, 1.807) is 12.4 Å². The van der Waals surface area contributed by atoms with Crippen LogP contribution < -0.4 is 4.74 Å². The summed E-state index contributed by atoms with van der Waals surface area (Å²) in [5.41, 5.74) is 1.88. The van der Waals surface area contributed by atoms with Crippen LogP contribution in [0.5, 0.6) is 5.88 Å². The number of halogens is 1. The SMILES string of the molecule is Brc1c[nH]c2nc(OCc3ccncc3)ccc12. The number of fused-ring (bicyclic) bond motifs is 1. The smallest absolute Gasteiger partial charge is 0.215 e. The number of aromatic nitrogens is 3. The van der Waals surface area contributed by atoms with E-state index in [9.17, 15) is 0 Å². The second-order valence-electron chi connectivity index (χ2n) is 3.83.